The van der Waals surface area contributed by atoms with E-state index in [1.807, 2.05) is 0 Å². The topological polar surface area (TPSA) is 55.8 Å². The van der Waals surface area contributed by atoms with Gasteiger partial charge in [0.05, 0.1) is 18.8 Å². The summed E-state index contributed by atoms with van der Waals surface area (Å²) in [6.07, 6.45) is 4.81. The van der Waals surface area contributed by atoms with E-state index in [0.29, 0.717) is 17.7 Å². The molecule has 1 saturated carbocycles. The molecular weight excluding hydrogens is 256 g/mol. The zero-order valence-electron chi connectivity index (χ0n) is 11.9. The Morgan fingerprint density at radius 1 is 1.10 bits per heavy atom. The average molecular weight is 278 g/mol. The van der Waals surface area contributed by atoms with Gasteiger partial charge in [-0.25, -0.2) is 4.79 Å². The van der Waals surface area contributed by atoms with Crippen molar-refractivity contribution in [3.05, 3.63) is 29.8 Å². The summed E-state index contributed by atoms with van der Waals surface area (Å²) in [6.45, 7) is 0. The largest absolute Gasteiger partial charge is 0.497 e. The Balaban J connectivity index is 1.97. The van der Waals surface area contributed by atoms with Crippen LogP contribution in [-0.4, -0.2) is 30.4 Å². The molecule has 0 radical (unpaired) electrons. The first-order chi connectivity index (χ1) is 9.70. The molecule has 0 amide bonds. The van der Waals surface area contributed by atoms with Crippen LogP contribution in [0.4, 0.5) is 0 Å². The molecule has 0 unspecified atom stereocenters. The van der Waals surface area contributed by atoms with E-state index in [9.17, 15) is 9.90 Å². The molecular formula is C16H22O4. The maximum absolute atomic E-state index is 12.1. The van der Waals surface area contributed by atoms with Crippen LogP contribution in [0, 0.1) is 0 Å². The summed E-state index contributed by atoms with van der Waals surface area (Å²) >= 11 is 0. The first-order valence-electron chi connectivity index (χ1n) is 7.24. The smallest absolute Gasteiger partial charge is 0.338 e. The highest BCUT2D eigenvalue weighted by Crippen LogP contribution is 2.21. The third kappa shape index (κ3) is 3.97. The van der Waals surface area contributed by atoms with Crippen LogP contribution >= 0.6 is 0 Å². The van der Waals surface area contributed by atoms with E-state index >= 15 is 0 Å². The van der Waals surface area contributed by atoms with E-state index in [0.717, 1.165) is 32.1 Å². The van der Waals surface area contributed by atoms with Gasteiger partial charge in [-0.05, 0) is 43.5 Å². The van der Waals surface area contributed by atoms with Crippen LogP contribution in [0.1, 0.15) is 48.9 Å². The molecule has 4 heteroatoms. The number of aliphatic hydroxyl groups excluding tert-OH is 1. The summed E-state index contributed by atoms with van der Waals surface area (Å²) in [6, 6.07) is 6.81. The second-order valence-corrected chi connectivity index (χ2v) is 5.23. The van der Waals surface area contributed by atoms with Gasteiger partial charge in [-0.1, -0.05) is 19.3 Å². The Labute approximate surface area is 119 Å². The highest BCUT2D eigenvalue weighted by molar-refractivity contribution is 5.89. The quantitative estimate of drug-likeness (QED) is 0.864. The highest BCUT2D eigenvalue weighted by atomic mass is 16.6. The Bertz CT molecular complexity index is 427. The number of carbonyl (C=O) groups excluding carboxylic acids is 1. The monoisotopic (exact) mass is 278 g/mol. The Morgan fingerprint density at radius 3 is 2.40 bits per heavy atom. The minimum Gasteiger partial charge on any atom is -0.497 e. The number of hydrogen-bond acceptors (Lipinski definition) is 4. The summed E-state index contributed by atoms with van der Waals surface area (Å²) in [7, 11) is 1.58. The van der Waals surface area contributed by atoms with Gasteiger partial charge in [-0.2, -0.15) is 0 Å². The van der Waals surface area contributed by atoms with Crippen LogP contribution in [0.5, 0.6) is 5.75 Å². The fraction of sp³-hybridized carbons (Fsp3) is 0.562. The Morgan fingerprint density at radius 2 is 1.75 bits per heavy atom. The van der Waals surface area contributed by atoms with Gasteiger partial charge in [0, 0.05) is 0 Å². The molecule has 1 aromatic rings. The normalized spacial score (nSPS) is 23.5. The third-order valence-corrected chi connectivity index (χ3v) is 3.75. The van der Waals surface area contributed by atoms with Gasteiger partial charge >= 0.3 is 5.97 Å². The number of carbonyl (C=O) groups is 1. The van der Waals surface area contributed by atoms with Gasteiger partial charge in [0.2, 0.25) is 0 Å². The van der Waals surface area contributed by atoms with Crippen LogP contribution < -0.4 is 4.74 Å². The minimum atomic E-state index is -0.544. The van der Waals surface area contributed by atoms with Gasteiger partial charge in [0.15, 0.2) is 0 Å². The maximum Gasteiger partial charge on any atom is 0.338 e. The van der Waals surface area contributed by atoms with Gasteiger partial charge in [0.25, 0.3) is 0 Å². The van der Waals surface area contributed by atoms with E-state index < -0.39 is 6.10 Å². The molecule has 1 aliphatic carbocycles. The van der Waals surface area contributed by atoms with Gasteiger partial charge in [-0.15, -0.1) is 0 Å². The van der Waals surface area contributed by atoms with Crippen molar-refractivity contribution >= 4 is 5.97 Å². The molecule has 0 aromatic heterocycles. The van der Waals surface area contributed by atoms with Crippen molar-refractivity contribution in [1.82, 2.24) is 0 Å². The molecule has 20 heavy (non-hydrogen) atoms. The lowest BCUT2D eigenvalue weighted by molar-refractivity contribution is -0.0282. The lowest BCUT2D eigenvalue weighted by Crippen LogP contribution is -2.32. The van der Waals surface area contributed by atoms with Crippen LogP contribution in [0.3, 0.4) is 0 Å². The van der Waals surface area contributed by atoms with Crippen LogP contribution in [0.15, 0.2) is 24.3 Å². The molecule has 110 valence electrons. The Kier molecular flexibility index (Phi) is 5.41. The average Bonchev–Trinajstić information content (AvgIpc) is 2.47. The lowest BCUT2D eigenvalue weighted by Gasteiger charge is -2.25. The SMILES string of the molecule is COc1ccc(C(=O)O[C@H]2CCCCCC[C@H]2O)cc1. The maximum atomic E-state index is 12.1. The molecule has 0 saturated heterocycles. The standard InChI is InChI=1S/C16H22O4/c1-19-13-10-8-12(9-11-13)16(18)20-15-7-5-3-2-4-6-14(15)17/h8-11,14-15,17H,2-7H2,1H3/t14-,15+/m1/s1. The van der Waals surface area contributed by atoms with Gasteiger partial charge < -0.3 is 14.6 Å². The van der Waals surface area contributed by atoms with Crippen molar-refractivity contribution in [2.75, 3.05) is 7.11 Å². The molecule has 1 fully saturated rings. The molecule has 1 N–H and O–H groups in total. The van der Waals surface area contributed by atoms with Crippen molar-refractivity contribution < 1.29 is 19.4 Å². The number of aliphatic hydroxyl groups is 1. The summed E-state index contributed by atoms with van der Waals surface area (Å²) in [5.74, 6) is 0.324. The van der Waals surface area contributed by atoms with Crippen LogP contribution in [-0.2, 0) is 4.74 Å². The first-order valence-corrected chi connectivity index (χ1v) is 7.24. The number of rotatable bonds is 3. The summed E-state index contributed by atoms with van der Waals surface area (Å²) in [5.41, 5.74) is 0.486. The van der Waals surface area contributed by atoms with Crippen molar-refractivity contribution in [2.45, 2.75) is 50.7 Å². The van der Waals surface area contributed by atoms with E-state index in [1.54, 1.807) is 31.4 Å². The predicted molar refractivity (Wildman–Crippen MR) is 75.9 cm³/mol. The van der Waals surface area contributed by atoms with E-state index in [-0.39, 0.29) is 12.1 Å². The molecule has 0 aliphatic heterocycles. The molecule has 1 aromatic carbocycles. The number of esters is 1. The third-order valence-electron chi connectivity index (χ3n) is 3.75. The van der Waals surface area contributed by atoms with Crippen molar-refractivity contribution in [2.24, 2.45) is 0 Å². The molecule has 4 nitrogen and oxygen atoms in total. The van der Waals surface area contributed by atoms with Crippen molar-refractivity contribution in [3.63, 3.8) is 0 Å². The summed E-state index contributed by atoms with van der Waals surface area (Å²) in [5, 5.41) is 10.1. The summed E-state index contributed by atoms with van der Waals surface area (Å²) in [4.78, 5) is 12.1. The Hall–Kier alpha value is -1.55. The van der Waals surface area contributed by atoms with Crippen LogP contribution in [0.25, 0.3) is 0 Å². The van der Waals surface area contributed by atoms with Crippen molar-refractivity contribution in [1.29, 1.82) is 0 Å². The summed E-state index contributed by atoms with van der Waals surface area (Å²) < 4.78 is 10.5. The zero-order chi connectivity index (χ0) is 14.4. The molecule has 0 heterocycles. The van der Waals surface area contributed by atoms with E-state index in [2.05, 4.69) is 0 Å². The number of methoxy groups -OCH3 is 1. The number of hydrogen-bond donors (Lipinski definition) is 1. The minimum absolute atomic E-state index is 0.378. The molecule has 1 aliphatic rings. The second-order valence-electron chi connectivity index (χ2n) is 5.23. The molecule has 2 atom stereocenters. The van der Waals surface area contributed by atoms with E-state index in [4.69, 9.17) is 9.47 Å². The first kappa shape index (κ1) is 14.9. The zero-order valence-corrected chi connectivity index (χ0v) is 11.9. The lowest BCUT2D eigenvalue weighted by atomic mass is 9.96. The second kappa shape index (κ2) is 7.29. The van der Waals surface area contributed by atoms with Gasteiger partial charge in [0.1, 0.15) is 11.9 Å². The fourth-order valence-electron chi connectivity index (χ4n) is 2.50. The van der Waals surface area contributed by atoms with Crippen LogP contribution in [0.2, 0.25) is 0 Å². The molecule has 0 spiro atoms. The molecule has 2 rings (SSSR count). The predicted octanol–water partition coefficient (Wildman–Crippen LogP) is 2.94. The highest BCUT2D eigenvalue weighted by Gasteiger charge is 2.24. The fourth-order valence-corrected chi connectivity index (χ4v) is 2.50. The molecule has 0 bridgehead atoms. The number of ether oxygens (including phenoxy) is 2. The number of benzene rings is 1. The van der Waals surface area contributed by atoms with Crippen molar-refractivity contribution in [3.8, 4) is 5.75 Å². The van der Waals surface area contributed by atoms with Gasteiger partial charge in [-0.3, -0.25) is 0 Å². The van der Waals surface area contributed by atoms with E-state index in [1.165, 1.54) is 0 Å².